The van der Waals surface area contributed by atoms with Gasteiger partial charge < -0.3 is 5.32 Å². The van der Waals surface area contributed by atoms with Gasteiger partial charge in [0.1, 0.15) is 5.82 Å². The van der Waals surface area contributed by atoms with Crippen molar-refractivity contribution in [1.29, 1.82) is 0 Å². The van der Waals surface area contributed by atoms with Crippen LogP contribution in [-0.4, -0.2) is 11.5 Å². The number of nitrogens with zero attached hydrogens (tertiary/aromatic N) is 1. The second-order valence-electron chi connectivity index (χ2n) is 3.94. The second-order valence-corrected chi connectivity index (χ2v) is 3.94. The lowest BCUT2D eigenvalue weighted by molar-refractivity contribution is 0.708. The Kier molecular flexibility index (Phi) is 3.02. The lowest BCUT2D eigenvalue weighted by Crippen LogP contribution is -1.96. The molecule has 0 saturated carbocycles. The van der Waals surface area contributed by atoms with Gasteiger partial charge in [-0.15, -0.1) is 0 Å². The zero-order valence-corrected chi connectivity index (χ0v) is 8.84. The number of nitrogens with one attached hydrogen (secondary N) is 1. The number of hydrogen-bond donors (Lipinski definition) is 1. The first-order valence-electron chi connectivity index (χ1n) is 5.63. The molecule has 0 saturated heterocycles. The molecule has 0 bridgehead atoms. The highest BCUT2D eigenvalue weighted by molar-refractivity contribution is 5.49. The molecule has 0 unspecified atom stereocenters. The minimum absolute atomic E-state index is 1.06. The highest BCUT2D eigenvalue weighted by Gasteiger charge is 2.10. The first kappa shape index (κ1) is 9.50. The average Bonchev–Trinajstić information content (AvgIpc) is 2.65. The predicted octanol–water partition coefficient (Wildman–Crippen LogP) is 2.78. The Morgan fingerprint density at radius 3 is 3.14 bits per heavy atom. The van der Waals surface area contributed by atoms with Gasteiger partial charge in [0.2, 0.25) is 0 Å². The number of aromatic nitrogens is 1. The molecule has 0 atom stereocenters. The van der Waals surface area contributed by atoms with Gasteiger partial charge in [0.25, 0.3) is 0 Å². The summed E-state index contributed by atoms with van der Waals surface area (Å²) in [5, 5.41) is 3.32. The van der Waals surface area contributed by atoms with E-state index in [0.29, 0.717) is 0 Å². The topological polar surface area (TPSA) is 24.9 Å². The van der Waals surface area contributed by atoms with Crippen molar-refractivity contribution in [3.8, 4) is 0 Å². The van der Waals surface area contributed by atoms with Gasteiger partial charge in [-0.25, -0.2) is 4.98 Å². The summed E-state index contributed by atoms with van der Waals surface area (Å²) < 4.78 is 0. The van der Waals surface area contributed by atoms with E-state index in [2.05, 4.69) is 29.4 Å². The van der Waals surface area contributed by atoms with Crippen molar-refractivity contribution in [2.24, 2.45) is 0 Å². The molecule has 2 rings (SSSR count). The van der Waals surface area contributed by atoms with E-state index in [4.69, 9.17) is 0 Å². The summed E-state index contributed by atoms with van der Waals surface area (Å²) >= 11 is 0. The molecule has 0 radical (unpaired) electrons. The molecule has 1 aliphatic rings. The molecule has 1 aromatic rings. The first-order chi connectivity index (χ1) is 6.90. The summed E-state index contributed by atoms with van der Waals surface area (Å²) in [6.45, 7) is 3.29. The van der Waals surface area contributed by atoms with Gasteiger partial charge in [-0.3, -0.25) is 0 Å². The van der Waals surface area contributed by atoms with Crippen molar-refractivity contribution in [2.75, 3.05) is 11.9 Å². The van der Waals surface area contributed by atoms with E-state index in [1.807, 2.05) is 0 Å². The third kappa shape index (κ3) is 2.06. The van der Waals surface area contributed by atoms with E-state index in [0.717, 1.165) is 25.2 Å². The third-order valence-electron chi connectivity index (χ3n) is 2.76. The van der Waals surface area contributed by atoms with Gasteiger partial charge in [-0.1, -0.05) is 25.8 Å². The fraction of sp³-hybridized carbons (Fsp3) is 0.583. The largest absolute Gasteiger partial charge is 0.370 e. The molecule has 1 aliphatic heterocycles. The molecule has 0 fully saturated rings. The molecule has 2 heteroatoms. The van der Waals surface area contributed by atoms with Gasteiger partial charge in [0, 0.05) is 12.2 Å². The van der Waals surface area contributed by atoms with Crippen LogP contribution >= 0.6 is 0 Å². The molecule has 14 heavy (non-hydrogen) atoms. The average molecular weight is 190 g/mol. The maximum absolute atomic E-state index is 4.61. The quantitative estimate of drug-likeness (QED) is 0.738. The number of hydrogen-bond acceptors (Lipinski definition) is 2. The van der Waals surface area contributed by atoms with Crippen molar-refractivity contribution in [3.63, 3.8) is 0 Å². The van der Waals surface area contributed by atoms with E-state index < -0.39 is 0 Å². The van der Waals surface area contributed by atoms with Crippen LogP contribution in [0.25, 0.3) is 0 Å². The van der Waals surface area contributed by atoms with Gasteiger partial charge in [0.05, 0.1) is 0 Å². The van der Waals surface area contributed by atoms with Gasteiger partial charge >= 0.3 is 0 Å². The summed E-state index contributed by atoms with van der Waals surface area (Å²) in [5.41, 5.74) is 2.62. The third-order valence-corrected chi connectivity index (χ3v) is 2.76. The van der Waals surface area contributed by atoms with Gasteiger partial charge in [-0.2, -0.15) is 0 Å². The number of pyridine rings is 1. The highest BCUT2D eigenvalue weighted by atomic mass is 15.0. The molecule has 2 nitrogen and oxygen atoms in total. The Hall–Kier alpha value is -1.05. The molecule has 1 aromatic heterocycles. The summed E-state index contributed by atoms with van der Waals surface area (Å²) in [6, 6.07) is 4.41. The molecular weight excluding hydrogens is 172 g/mol. The van der Waals surface area contributed by atoms with Crippen molar-refractivity contribution < 1.29 is 0 Å². The summed E-state index contributed by atoms with van der Waals surface area (Å²) in [4.78, 5) is 4.61. The monoisotopic (exact) mass is 190 g/mol. The van der Waals surface area contributed by atoms with Crippen LogP contribution in [0.2, 0.25) is 0 Å². The number of aryl methyl sites for hydroxylation is 1. The standard InChI is InChI=1S/C12H18N2/c1-2-3-4-5-11-7-6-10-8-9-13-12(10)14-11/h6-7H,2-5,8-9H2,1H3,(H,13,14). The number of fused-ring (bicyclic) bond motifs is 1. The van der Waals surface area contributed by atoms with Crippen LogP contribution in [0.4, 0.5) is 5.82 Å². The van der Waals surface area contributed by atoms with Gasteiger partial charge in [-0.05, 0) is 30.9 Å². The molecule has 76 valence electrons. The zero-order valence-electron chi connectivity index (χ0n) is 8.84. The van der Waals surface area contributed by atoms with Gasteiger partial charge in [0.15, 0.2) is 0 Å². The molecular formula is C12H18N2. The van der Waals surface area contributed by atoms with E-state index in [1.165, 1.54) is 30.5 Å². The molecule has 1 N–H and O–H groups in total. The van der Waals surface area contributed by atoms with E-state index in [9.17, 15) is 0 Å². The maximum Gasteiger partial charge on any atom is 0.129 e. The normalized spacial score (nSPS) is 13.8. The summed E-state index contributed by atoms with van der Waals surface area (Å²) in [6.07, 6.45) is 6.12. The Labute approximate surface area is 85.7 Å². The van der Waals surface area contributed by atoms with Crippen molar-refractivity contribution >= 4 is 5.82 Å². The van der Waals surface area contributed by atoms with E-state index >= 15 is 0 Å². The fourth-order valence-corrected chi connectivity index (χ4v) is 1.89. The summed E-state index contributed by atoms with van der Waals surface area (Å²) in [7, 11) is 0. The lowest BCUT2D eigenvalue weighted by Gasteiger charge is -2.03. The van der Waals surface area contributed by atoms with Crippen LogP contribution in [0.3, 0.4) is 0 Å². The maximum atomic E-state index is 4.61. The molecule has 0 aliphatic carbocycles. The summed E-state index contributed by atoms with van der Waals surface area (Å²) in [5.74, 6) is 1.12. The fourth-order valence-electron chi connectivity index (χ4n) is 1.89. The Balaban J connectivity index is 1.98. The molecule has 0 spiro atoms. The van der Waals surface area contributed by atoms with Crippen molar-refractivity contribution in [1.82, 2.24) is 4.98 Å². The Bertz CT molecular complexity index is 307. The zero-order chi connectivity index (χ0) is 9.80. The lowest BCUT2D eigenvalue weighted by atomic mass is 10.1. The number of anilines is 1. The first-order valence-corrected chi connectivity index (χ1v) is 5.63. The minimum atomic E-state index is 1.06. The predicted molar refractivity (Wildman–Crippen MR) is 59.7 cm³/mol. The highest BCUT2D eigenvalue weighted by Crippen LogP contribution is 2.20. The van der Waals surface area contributed by atoms with Crippen LogP contribution in [-0.2, 0) is 12.8 Å². The van der Waals surface area contributed by atoms with Crippen LogP contribution in [0.1, 0.15) is 37.4 Å². The van der Waals surface area contributed by atoms with Crippen LogP contribution in [0.15, 0.2) is 12.1 Å². The Morgan fingerprint density at radius 2 is 2.29 bits per heavy atom. The Morgan fingerprint density at radius 1 is 1.36 bits per heavy atom. The number of unbranched alkanes of at least 4 members (excludes halogenated alkanes) is 2. The smallest absolute Gasteiger partial charge is 0.129 e. The molecule has 0 amide bonds. The SMILES string of the molecule is CCCCCc1ccc2c(n1)NCC2. The van der Waals surface area contributed by atoms with Crippen LogP contribution in [0.5, 0.6) is 0 Å². The van der Waals surface area contributed by atoms with Crippen molar-refractivity contribution in [2.45, 2.75) is 39.0 Å². The molecule has 2 heterocycles. The minimum Gasteiger partial charge on any atom is -0.370 e. The number of rotatable bonds is 4. The molecule has 0 aromatic carbocycles. The second kappa shape index (κ2) is 4.45. The van der Waals surface area contributed by atoms with Crippen LogP contribution < -0.4 is 5.32 Å². The van der Waals surface area contributed by atoms with E-state index in [-0.39, 0.29) is 0 Å². The van der Waals surface area contributed by atoms with Crippen molar-refractivity contribution in [3.05, 3.63) is 23.4 Å². The van der Waals surface area contributed by atoms with Crippen LogP contribution in [0, 0.1) is 0 Å². The van der Waals surface area contributed by atoms with E-state index in [1.54, 1.807) is 0 Å².